The molecule has 0 aromatic carbocycles. The molecule has 1 nitrogen and oxygen atoms in total. The van der Waals surface area contributed by atoms with E-state index in [9.17, 15) is 4.39 Å². The minimum Gasteiger partial charge on any atom is -0.243 e. The molecule has 15 heavy (non-hydrogen) atoms. The summed E-state index contributed by atoms with van der Waals surface area (Å²) in [6, 6.07) is 0. The number of aliphatic imine (C=N–C) groups is 1. The molecular weight excluding hydrogens is 213 g/mol. The summed E-state index contributed by atoms with van der Waals surface area (Å²) >= 11 is 5.55. The summed E-state index contributed by atoms with van der Waals surface area (Å²) in [5.74, 6) is -0.469. The van der Waals surface area contributed by atoms with Crippen LogP contribution in [0.4, 0.5) is 4.39 Å². The minimum absolute atomic E-state index is 0.216. The fraction of sp³-hybridized carbons (Fsp3) is 0.250. The first-order chi connectivity index (χ1) is 6.93. The van der Waals surface area contributed by atoms with Gasteiger partial charge in [-0.2, -0.15) is 0 Å². The normalized spacial score (nSPS) is 14.7. The number of hydrogen-bond donors (Lipinski definition) is 0. The van der Waals surface area contributed by atoms with E-state index in [1.807, 2.05) is 0 Å². The zero-order chi connectivity index (χ0) is 12.0. The van der Waals surface area contributed by atoms with Gasteiger partial charge < -0.3 is 0 Å². The number of hydrogen-bond acceptors (Lipinski definition) is 1. The van der Waals surface area contributed by atoms with Gasteiger partial charge in [-0.3, -0.25) is 0 Å². The maximum absolute atomic E-state index is 13.7. The largest absolute Gasteiger partial charge is 0.243 e. The average Bonchev–Trinajstić information content (AvgIpc) is 2.17. The molecule has 0 aromatic rings. The summed E-state index contributed by atoms with van der Waals surface area (Å²) in [5.41, 5.74) is 1.13. The fourth-order valence-electron chi connectivity index (χ4n) is 1.04. The van der Waals surface area contributed by atoms with Crippen LogP contribution < -0.4 is 0 Å². The molecule has 0 aliphatic carbocycles. The standard InChI is InChI=1S/C12H15ClFN/c1-6-11(7-2)8(3)12(14)9(4)15-10(5)13/h6-7H,1,3H2,2,4-5H3/b11-7-,12-9-,15-10?. The van der Waals surface area contributed by atoms with Gasteiger partial charge in [0.25, 0.3) is 0 Å². The SMILES string of the molecule is C=C/C(=C/C)C(=C)/C(F)=C(\C)N=C(C)Cl. The second-order valence-corrected chi connectivity index (χ2v) is 3.48. The Balaban J connectivity index is 5.17. The van der Waals surface area contributed by atoms with Crippen LogP contribution in [0.5, 0.6) is 0 Å². The summed E-state index contributed by atoms with van der Waals surface area (Å²) < 4.78 is 13.7. The van der Waals surface area contributed by atoms with E-state index in [0.717, 1.165) is 0 Å². The number of nitrogens with zero attached hydrogens (tertiary/aromatic N) is 1. The lowest BCUT2D eigenvalue weighted by molar-refractivity contribution is 0.641. The molecule has 0 spiro atoms. The van der Waals surface area contributed by atoms with Crippen molar-refractivity contribution in [3.63, 3.8) is 0 Å². The number of rotatable bonds is 4. The highest BCUT2D eigenvalue weighted by molar-refractivity contribution is 6.64. The van der Waals surface area contributed by atoms with E-state index in [-0.39, 0.29) is 16.4 Å². The van der Waals surface area contributed by atoms with Gasteiger partial charge in [-0.1, -0.05) is 36.9 Å². The lowest BCUT2D eigenvalue weighted by Crippen LogP contribution is -1.90. The van der Waals surface area contributed by atoms with Crippen LogP contribution in [0.2, 0.25) is 0 Å². The van der Waals surface area contributed by atoms with Crippen LogP contribution in [-0.4, -0.2) is 5.17 Å². The smallest absolute Gasteiger partial charge is 0.151 e. The van der Waals surface area contributed by atoms with Crippen molar-refractivity contribution < 1.29 is 4.39 Å². The molecule has 0 unspecified atom stereocenters. The molecule has 0 saturated carbocycles. The van der Waals surface area contributed by atoms with E-state index in [4.69, 9.17) is 11.6 Å². The van der Waals surface area contributed by atoms with Crippen LogP contribution in [0.1, 0.15) is 20.8 Å². The van der Waals surface area contributed by atoms with Crippen molar-refractivity contribution in [2.75, 3.05) is 0 Å². The van der Waals surface area contributed by atoms with E-state index in [1.54, 1.807) is 32.9 Å². The first-order valence-electron chi connectivity index (χ1n) is 4.49. The third-order valence-electron chi connectivity index (χ3n) is 1.78. The van der Waals surface area contributed by atoms with Crippen LogP contribution in [0.3, 0.4) is 0 Å². The zero-order valence-corrected chi connectivity index (χ0v) is 10.0. The topological polar surface area (TPSA) is 12.4 Å². The van der Waals surface area contributed by atoms with Crippen molar-refractivity contribution >= 4 is 16.8 Å². The predicted octanol–water partition coefficient (Wildman–Crippen LogP) is 4.53. The molecule has 0 fully saturated rings. The number of allylic oxidation sites excluding steroid dienone is 6. The molecule has 0 atom stereocenters. The van der Waals surface area contributed by atoms with Crippen molar-refractivity contribution in [3.8, 4) is 0 Å². The van der Waals surface area contributed by atoms with Gasteiger partial charge in [-0.25, -0.2) is 9.38 Å². The molecule has 0 aliphatic heterocycles. The van der Waals surface area contributed by atoms with Crippen molar-refractivity contribution in [1.82, 2.24) is 0 Å². The van der Waals surface area contributed by atoms with Gasteiger partial charge in [-0.15, -0.1) is 0 Å². The third-order valence-corrected chi connectivity index (χ3v) is 1.87. The van der Waals surface area contributed by atoms with E-state index in [0.29, 0.717) is 5.57 Å². The summed E-state index contributed by atoms with van der Waals surface area (Å²) in [5, 5.41) is 0.288. The molecule has 0 radical (unpaired) electrons. The Bertz CT molecular complexity index is 358. The first kappa shape index (κ1) is 13.8. The maximum atomic E-state index is 13.7. The quantitative estimate of drug-likeness (QED) is 0.494. The summed E-state index contributed by atoms with van der Waals surface area (Å²) in [7, 11) is 0. The first-order valence-corrected chi connectivity index (χ1v) is 4.87. The van der Waals surface area contributed by atoms with Crippen LogP contribution in [0.25, 0.3) is 0 Å². The van der Waals surface area contributed by atoms with Gasteiger partial charge in [-0.05, 0) is 26.3 Å². The van der Waals surface area contributed by atoms with Crippen LogP contribution >= 0.6 is 11.6 Å². The predicted molar refractivity (Wildman–Crippen MR) is 65.9 cm³/mol. The Labute approximate surface area is 95.4 Å². The van der Waals surface area contributed by atoms with E-state index < -0.39 is 5.83 Å². The monoisotopic (exact) mass is 227 g/mol. The lowest BCUT2D eigenvalue weighted by atomic mass is 10.1. The molecule has 3 heteroatoms. The van der Waals surface area contributed by atoms with Crippen molar-refractivity contribution in [2.24, 2.45) is 4.99 Å². The zero-order valence-electron chi connectivity index (χ0n) is 9.27. The summed E-state index contributed by atoms with van der Waals surface area (Å²) in [6.45, 7) is 12.1. The minimum atomic E-state index is -0.469. The van der Waals surface area contributed by atoms with Crippen molar-refractivity contribution in [2.45, 2.75) is 20.8 Å². The van der Waals surface area contributed by atoms with Crippen LogP contribution in [0, 0.1) is 0 Å². The van der Waals surface area contributed by atoms with E-state index in [2.05, 4.69) is 18.2 Å². The molecular formula is C12H15ClFN. The Hall–Kier alpha value is -1.15. The fourth-order valence-corrected chi connectivity index (χ4v) is 1.17. The Morgan fingerprint density at radius 2 is 1.93 bits per heavy atom. The molecule has 0 amide bonds. The highest BCUT2D eigenvalue weighted by Gasteiger charge is 2.08. The number of halogens is 2. The molecule has 0 saturated heterocycles. The molecule has 0 aromatic heterocycles. The molecule has 0 bridgehead atoms. The second-order valence-electron chi connectivity index (χ2n) is 2.93. The molecule has 0 N–H and O–H groups in total. The maximum Gasteiger partial charge on any atom is 0.151 e. The van der Waals surface area contributed by atoms with Gasteiger partial charge >= 0.3 is 0 Å². The second kappa shape index (κ2) is 6.36. The van der Waals surface area contributed by atoms with Crippen molar-refractivity contribution in [1.29, 1.82) is 0 Å². The molecule has 0 heterocycles. The lowest BCUT2D eigenvalue weighted by Gasteiger charge is -2.05. The van der Waals surface area contributed by atoms with Crippen LogP contribution in [-0.2, 0) is 0 Å². The molecule has 0 aliphatic rings. The Morgan fingerprint density at radius 3 is 2.27 bits per heavy atom. The third kappa shape index (κ3) is 4.26. The summed E-state index contributed by atoms with van der Waals surface area (Å²) in [6.07, 6.45) is 3.28. The Morgan fingerprint density at radius 1 is 1.40 bits per heavy atom. The van der Waals surface area contributed by atoms with Gasteiger partial charge in [0, 0.05) is 5.57 Å². The Kier molecular flexibility index (Phi) is 5.87. The van der Waals surface area contributed by atoms with E-state index in [1.165, 1.54) is 0 Å². The van der Waals surface area contributed by atoms with Gasteiger partial charge in [0.05, 0.1) is 5.70 Å². The molecule has 0 rings (SSSR count). The van der Waals surface area contributed by atoms with Gasteiger partial charge in [0.2, 0.25) is 0 Å². The summed E-state index contributed by atoms with van der Waals surface area (Å²) in [4.78, 5) is 3.81. The van der Waals surface area contributed by atoms with Gasteiger partial charge in [0.1, 0.15) is 5.17 Å². The van der Waals surface area contributed by atoms with Crippen LogP contribution in [0.15, 0.2) is 53.0 Å². The average molecular weight is 228 g/mol. The molecule has 82 valence electrons. The van der Waals surface area contributed by atoms with Gasteiger partial charge in [0.15, 0.2) is 5.83 Å². The highest BCUT2D eigenvalue weighted by atomic mass is 35.5. The highest BCUT2D eigenvalue weighted by Crippen LogP contribution is 2.23. The van der Waals surface area contributed by atoms with E-state index >= 15 is 0 Å². The van der Waals surface area contributed by atoms with Crippen molar-refractivity contribution in [3.05, 3.63) is 48.0 Å².